The molecule has 134 valence electrons. The summed E-state index contributed by atoms with van der Waals surface area (Å²) in [6, 6.07) is 5.56. The third-order valence-electron chi connectivity index (χ3n) is 4.30. The first kappa shape index (κ1) is 17.9. The van der Waals surface area contributed by atoms with Gasteiger partial charge in [0.15, 0.2) is 0 Å². The van der Waals surface area contributed by atoms with Crippen LogP contribution in [0.1, 0.15) is 27.2 Å². The maximum absolute atomic E-state index is 12.4. The van der Waals surface area contributed by atoms with Crippen molar-refractivity contribution in [1.29, 1.82) is 0 Å². The summed E-state index contributed by atoms with van der Waals surface area (Å²) in [7, 11) is 0. The number of hydrogen-bond acceptors (Lipinski definition) is 5. The smallest absolute Gasteiger partial charge is 0.251 e. The zero-order valence-electron chi connectivity index (χ0n) is 14.7. The van der Waals surface area contributed by atoms with Gasteiger partial charge in [0.2, 0.25) is 5.91 Å². The molecule has 0 bridgehead atoms. The summed E-state index contributed by atoms with van der Waals surface area (Å²) in [6.45, 7) is 5.61. The van der Waals surface area contributed by atoms with Crippen molar-refractivity contribution >= 4 is 40.2 Å². The van der Waals surface area contributed by atoms with Crippen molar-refractivity contribution in [2.45, 2.75) is 25.8 Å². The first-order valence-electron chi connectivity index (χ1n) is 8.00. The van der Waals surface area contributed by atoms with E-state index in [0.717, 1.165) is 27.7 Å². The summed E-state index contributed by atoms with van der Waals surface area (Å²) in [5.41, 5.74) is 9.86. The topological polar surface area (TPSA) is 114 Å². The van der Waals surface area contributed by atoms with Gasteiger partial charge in [-0.2, -0.15) is 5.10 Å². The first-order chi connectivity index (χ1) is 12.4. The Labute approximate surface area is 154 Å². The highest BCUT2D eigenvalue weighted by Crippen LogP contribution is 2.27. The van der Waals surface area contributed by atoms with Crippen LogP contribution in [-0.2, 0) is 4.79 Å². The van der Waals surface area contributed by atoms with E-state index in [9.17, 15) is 9.59 Å². The van der Waals surface area contributed by atoms with Gasteiger partial charge in [-0.1, -0.05) is 23.9 Å². The van der Waals surface area contributed by atoms with Gasteiger partial charge in [-0.05, 0) is 38.0 Å². The molecule has 26 heavy (non-hydrogen) atoms. The van der Waals surface area contributed by atoms with Crippen molar-refractivity contribution in [2.75, 3.05) is 11.1 Å². The van der Waals surface area contributed by atoms with E-state index in [-0.39, 0.29) is 11.7 Å². The fourth-order valence-electron chi connectivity index (χ4n) is 2.70. The number of aromatic amines is 1. The van der Waals surface area contributed by atoms with Crippen LogP contribution in [0.25, 0.3) is 10.9 Å². The number of amides is 2. The van der Waals surface area contributed by atoms with Gasteiger partial charge in [0.05, 0.1) is 28.7 Å². The highest BCUT2D eigenvalue weighted by atomic mass is 32.2. The van der Waals surface area contributed by atoms with Crippen LogP contribution in [0.2, 0.25) is 0 Å². The van der Waals surface area contributed by atoms with Crippen LogP contribution in [-0.4, -0.2) is 32.7 Å². The number of fused-ring (bicyclic) bond motifs is 1. The number of anilines is 1. The number of nitrogens with zero attached hydrogens (tertiary/aromatic N) is 2. The second-order valence-electron chi connectivity index (χ2n) is 5.97. The lowest BCUT2D eigenvalue weighted by molar-refractivity contribution is -0.113. The Hall–Kier alpha value is -2.87. The van der Waals surface area contributed by atoms with E-state index >= 15 is 0 Å². The first-order valence-corrected chi connectivity index (χ1v) is 8.99. The molecule has 7 nitrogen and oxygen atoms in total. The van der Waals surface area contributed by atoms with Crippen molar-refractivity contribution in [3.05, 3.63) is 46.8 Å². The largest absolute Gasteiger partial charge is 0.366 e. The molecule has 8 heteroatoms. The number of hydrogen-bond donors (Lipinski definition) is 3. The Bertz CT molecular complexity index is 1010. The maximum Gasteiger partial charge on any atom is 0.251 e. The summed E-state index contributed by atoms with van der Waals surface area (Å²) >= 11 is 1.20. The number of nitrogens with one attached hydrogen (secondary N) is 2. The lowest BCUT2D eigenvalue weighted by Crippen LogP contribution is -2.18. The van der Waals surface area contributed by atoms with Crippen LogP contribution >= 0.6 is 11.8 Å². The predicted octanol–water partition coefficient (Wildman–Crippen LogP) is 2.71. The number of thioether (sulfide) groups is 1. The third kappa shape index (κ3) is 3.41. The molecule has 0 radical (unpaired) electrons. The number of rotatable bonds is 5. The van der Waals surface area contributed by atoms with Crippen molar-refractivity contribution < 1.29 is 9.59 Å². The second-order valence-corrected chi connectivity index (χ2v) is 6.93. The van der Waals surface area contributed by atoms with Crippen molar-refractivity contribution in [1.82, 2.24) is 15.2 Å². The van der Waals surface area contributed by atoms with Gasteiger partial charge < -0.3 is 11.1 Å². The maximum atomic E-state index is 12.4. The van der Waals surface area contributed by atoms with Crippen LogP contribution in [0.4, 0.5) is 5.69 Å². The van der Waals surface area contributed by atoms with E-state index in [1.807, 2.05) is 32.9 Å². The lowest BCUT2D eigenvalue weighted by Gasteiger charge is -2.13. The Morgan fingerprint density at radius 2 is 2.00 bits per heavy atom. The average Bonchev–Trinajstić information content (AvgIpc) is 3.07. The number of aromatic nitrogens is 3. The van der Waals surface area contributed by atoms with E-state index in [0.29, 0.717) is 16.3 Å². The van der Waals surface area contributed by atoms with Crippen molar-refractivity contribution in [3.63, 3.8) is 0 Å². The molecule has 0 fully saturated rings. The van der Waals surface area contributed by atoms with E-state index < -0.39 is 5.91 Å². The van der Waals surface area contributed by atoms with Gasteiger partial charge in [-0.25, -0.2) is 4.98 Å². The molecule has 0 aliphatic heterocycles. The van der Waals surface area contributed by atoms with Crippen LogP contribution in [0.5, 0.6) is 0 Å². The fourth-order valence-corrected chi connectivity index (χ4v) is 3.64. The monoisotopic (exact) mass is 369 g/mol. The third-order valence-corrected chi connectivity index (χ3v) is 5.28. The van der Waals surface area contributed by atoms with Crippen molar-refractivity contribution in [2.24, 2.45) is 5.73 Å². The molecule has 0 unspecified atom stereocenters. The van der Waals surface area contributed by atoms with Gasteiger partial charge in [-0.3, -0.25) is 14.7 Å². The summed E-state index contributed by atoms with van der Waals surface area (Å²) in [4.78, 5) is 28.6. The number of nitrogens with two attached hydrogens (primary N) is 1. The van der Waals surface area contributed by atoms with E-state index in [4.69, 9.17) is 5.73 Å². The fraction of sp³-hybridized carbons (Fsp3) is 0.222. The number of H-pyrrole nitrogens is 1. The number of para-hydroxylation sites is 1. The molecule has 2 aromatic heterocycles. The van der Waals surface area contributed by atoms with E-state index in [1.165, 1.54) is 11.8 Å². The summed E-state index contributed by atoms with van der Waals surface area (Å²) in [5, 5.41) is 11.1. The number of carbonyl (C=O) groups excluding carboxylic acids is 2. The molecule has 0 atom stereocenters. The van der Waals surface area contributed by atoms with Crippen molar-refractivity contribution in [3.8, 4) is 0 Å². The molecule has 4 N–H and O–H groups in total. The molecule has 0 aliphatic rings. The van der Waals surface area contributed by atoms with Crippen LogP contribution < -0.4 is 11.1 Å². The Morgan fingerprint density at radius 3 is 2.73 bits per heavy atom. The summed E-state index contributed by atoms with van der Waals surface area (Å²) in [6.07, 6.45) is 1.70. The van der Waals surface area contributed by atoms with Crippen LogP contribution in [0, 0.1) is 20.8 Å². The molecule has 2 heterocycles. The van der Waals surface area contributed by atoms with Gasteiger partial charge in [0.25, 0.3) is 5.91 Å². The minimum atomic E-state index is -0.539. The summed E-state index contributed by atoms with van der Waals surface area (Å²) < 4.78 is 0. The molecule has 1 aromatic carbocycles. The predicted molar refractivity (Wildman–Crippen MR) is 102 cm³/mol. The highest BCUT2D eigenvalue weighted by Gasteiger charge is 2.18. The van der Waals surface area contributed by atoms with Gasteiger partial charge in [0.1, 0.15) is 5.03 Å². The van der Waals surface area contributed by atoms with Gasteiger partial charge >= 0.3 is 0 Å². The van der Waals surface area contributed by atoms with E-state index in [1.54, 1.807) is 12.3 Å². The van der Waals surface area contributed by atoms with E-state index in [2.05, 4.69) is 20.5 Å². The number of carbonyl (C=O) groups is 2. The standard InChI is InChI=1S/C18H19N5O2S/c1-9-10(2)15(17(19)25)18(21-11(9)3)26-8-14(24)22-13-6-4-5-12-7-20-23-16(12)13/h4-7H,8H2,1-3H3,(H2,19,25)(H,20,23)(H,22,24). The Balaban J connectivity index is 1.78. The molecule has 3 aromatic rings. The molecule has 0 saturated heterocycles. The number of primary amides is 1. The molecular formula is C18H19N5O2S. The average molecular weight is 369 g/mol. The molecule has 0 spiro atoms. The lowest BCUT2D eigenvalue weighted by atomic mass is 10.0. The molecular weight excluding hydrogens is 350 g/mol. The number of aryl methyl sites for hydroxylation is 1. The van der Waals surface area contributed by atoms with Gasteiger partial charge in [0, 0.05) is 11.1 Å². The number of benzene rings is 1. The highest BCUT2D eigenvalue weighted by molar-refractivity contribution is 8.00. The molecule has 2 amide bonds. The Kier molecular flexibility index (Phi) is 4.94. The van der Waals surface area contributed by atoms with Gasteiger partial charge in [-0.15, -0.1) is 0 Å². The zero-order chi connectivity index (χ0) is 18.8. The SMILES string of the molecule is Cc1nc(SCC(=O)Nc2cccc3cn[nH]c23)c(C(N)=O)c(C)c1C. The zero-order valence-corrected chi connectivity index (χ0v) is 15.5. The second kappa shape index (κ2) is 7.17. The minimum absolute atomic E-state index is 0.111. The summed E-state index contributed by atoms with van der Waals surface area (Å²) in [5.74, 6) is -0.631. The molecule has 3 rings (SSSR count). The van der Waals surface area contributed by atoms with Crippen LogP contribution in [0.3, 0.4) is 0 Å². The minimum Gasteiger partial charge on any atom is -0.366 e. The molecule has 0 saturated carbocycles. The number of pyridine rings is 1. The quantitative estimate of drug-likeness (QED) is 0.598. The molecule has 0 aliphatic carbocycles. The Morgan fingerprint density at radius 1 is 1.23 bits per heavy atom. The van der Waals surface area contributed by atoms with Crippen LogP contribution in [0.15, 0.2) is 29.4 Å². The normalized spacial score (nSPS) is 10.9.